The average Bonchev–Trinajstić information content (AvgIpc) is 2.94. The number of sulfonamides is 1. The van der Waals surface area contributed by atoms with Crippen LogP contribution in [0, 0.1) is 6.92 Å². The van der Waals surface area contributed by atoms with Gasteiger partial charge in [-0.3, -0.25) is 13.9 Å². The van der Waals surface area contributed by atoms with Gasteiger partial charge in [-0.25, -0.2) is 8.42 Å². The molecule has 0 aliphatic carbocycles. The Balaban J connectivity index is 2.07. The summed E-state index contributed by atoms with van der Waals surface area (Å²) in [5.74, 6) is -0.533. The molecular formula is C29H34BrN3O5S. The van der Waals surface area contributed by atoms with E-state index in [0.29, 0.717) is 12.3 Å². The van der Waals surface area contributed by atoms with Crippen molar-refractivity contribution in [3.63, 3.8) is 0 Å². The molecule has 3 aromatic carbocycles. The van der Waals surface area contributed by atoms with Crippen molar-refractivity contribution in [2.75, 3.05) is 24.5 Å². The van der Waals surface area contributed by atoms with Crippen LogP contribution in [-0.4, -0.2) is 51.4 Å². The number of carbonyl (C=O) groups is 2. The molecule has 8 nitrogen and oxygen atoms in total. The van der Waals surface area contributed by atoms with Crippen LogP contribution in [0.5, 0.6) is 5.75 Å². The Kier molecular flexibility index (Phi) is 10.5. The predicted molar refractivity (Wildman–Crippen MR) is 156 cm³/mol. The first kappa shape index (κ1) is 30.2. The van der Waals surface area contributed by atoms with E-state index in [-0.39, 0.29) is 23.0 Å². The number of nitrogens with zero attached hydrogens (tertiary/aromatic N) is 2. The van der Waals surface area contributed by atoms with Crippen molar-refractivity contribution in [2.45, 2.75) is 44.7 Å². The molecule has 0 heterocycles. The fourth-order valence-corrected chi connectivity index (χ4v) is 5.69. The number of anilines is 1. The number of methoxy groups -OCH3 is 1. The van der Waals surface area contributed by atoms with E-state index in [4.69, 9.17) is 4.74 Å². The molecule has 39 heavy (non-hydrogen) atoms. The highest BCUT2D eigenvalue weighted by atomic mass is 79.9. The van der Waals surface area contributed by atoms with Gasteiger partial charge in [-0.05, 0) is 67.8 Å². The molecule has 0 bridgehead atoms. The molecule has 3 aromatic rings. The van der Waals surface area contributed by atoms with E-state index in [1.54, 1.807) is 43.3 Å². The van der Waals surface area contributed by atoms with Crippen molar-refractivity contribution in [3.8, 4) is 5.75 Å². The van der Waals surface area contributed by atoms with E-state index >= 15 is 0 Å². The number of benzene rings is 3. The molecule has 2 amide bonds. The molecule has 10 heteroatoms. The van der Waals surface area contributed by atoms with Crippen LogP contribution in [0.2, 0.25) is 0 Å². The van der Waals surface area contributed by atoms with Crippen LogP contribution in [-0.2, 0) is 26.2 Å². The molecule has 0 aliphatic rings. The van der Waals surface area contributed by atoms with E-state index < -0.39 is 28.5 Å². The predicted octanol–water partition coefficient (Wildman–Crippen LogP) is 4.90. The zero-order valence-corrected chi connectivity index (χ0v) is 25.0. The van der Waals surface area contributed by atoms with Gasteiger partial charge in [0.1, 0.15) is 18.3 Å². The molecule has 1 N–H and O–H groups in total. The van der Waals surface area contributed by atoms with Crippen LogP contribution >= 0.6 is 15.9 Å². The second-order valence-electron chi connectivity index (χ2n) is 9.12. The Labute approximate surface area is 239 Å². The van der Waals surface area contributed by atoms with Crippen molar-refractivity contribution >= 4 is 43.5 Å². The van der Waals surface area contributed by atoms with Gasteiger partial charge in [0, 0.05) is 17.6 Å². The Hall–Kier alpha value is -3.37. The van der Waals surface area contributed by atoms with E-state index in [1.165, 1.54) is 24.1 Å². The van der Waals surface area contributed by atoms with Gasteiger partial charge in [0.15, 0.2) is 0 Å². The minimum absolute atomic E-state index is 0.0366. The minimum atomic E-state index is -4.17. The third-order valence-electron chi connectivity index (χ3n) is 6.20. The van der Waals surface area contributed by atoms with Crippen molar-refractivity contribution in [3.05, 3.63) is 88.4 Å². The zero-order valence-electron chi connectivity index (χ0n) is 22.6. The van der Waals surface area contributed by atoms with E-state index in [0.717, 1.165) is 26.3 Å². The fourth-order valence-electron chi connectivity index (χ4n) is 3.99. The van der Waals surface area contributed by atoms with E-state index in [2.05, 4.69) is 21.2 Å². The lowest BCUT2D eigenvalue weighted by Crippen LogP contribution is -2.51. The van der Waals surface area contributed by atoms with E-state index in [9.17, 15) is 18.0 Å². The summed E-state index contributed by atoms with van der Waals surface area (Å²) in [5.41, 5.74) is 1.83. The summed E-state index contributed by atoms with van der Waals surface area (Å²) in [4.78, 5) is 28.4. The molecule has 208 valence electrons. The highest BCUT2D eigenvalue weighted by molar-refractivity contribution is 9.10. The van der Waals surface area contributed by atoms with Crippen LogP contribution in [0.25, 0.3) is 0 Å². The summed E-state index contributed by atoms with van der Waals surface area (Å²) in [6.07, 6.45) is 0.745. The lowest BCUT2D eigenvalue weighted by Gasteiger charge is -2.32. The Morgan fingerprint density at radius 1 is 1.03 bits per heavy atom. The lowest BCUT2D eigenvalue weighted by molar-refractivity contribution is -0.139. The molecule has 3 rings (SSSR count). The number of rotatable bonds is 12. The maximum absolute atomic E-state index is 14.0. The number of aryl methyl sites for hydroxylation is 1. The average molecular weight is 617 g/mol. The van der Waals surface area contributed by atoms with Gasteiger partial charge in [-0.15, -0.1) is 0 Å². The summed E-state index contributed by atoms with van der Waals surface area (Å²) >= 11 is 3.41. The number of halogens is 1. The summed E-state index contributed by atoms with van der Waals surface area (Å²) in [6.45, 7) is 5.48. The third-order valence-corrected chi connectivity index (χ3v) is 8.50. The Bertz CT molecular complexity index is 1380. The standard InChI is InChI=1S/C29H34BrN3O5S/c1-5-17-31-29(35)22(3)32(19-23-12-14-24(30)15-13-23)28(34)20-33(26-18-21(2)11-16-27(26)38-4)39(36,37)25-9-7-6-8-10-25/h6-16,18,22H,5,17,19-20H2,1-4H3,(H,31,35)/t22-/m0/s1. The largest absolute Gasteiger partial charge is 0.495 e. The lowest BCUT2D eigenvalue weighted by atomic mass is 10.1. The quantitative estimate of drug-likeness (QED) is 0.312. The topological polar surface area (TPSA) is 96.0 Å². The number of hydrogen-bond acceptors (Lipinski definition) is 5. The Morgan fingerprint density at radius 2 is 1.69 bits per heavy atom. The fraction of sp³-hybridized carbons (Fsp3) is 0.310. The number of carbonyl (C=O) groups excluding carboxylic acids is 2. The molecule has 0 saturated heterocycles. The summed E-state index contributed by atoms with van der Waals surface area (Å²) in [7, 11) is -2.72. The van der Waals surface area contributed by atoms with Crippen LogP contribution in [0.1, 0.15) is 31.4 Å². The second-order valence-corrected chi connectivity index (χ2v) is 11.9. The van der Waals surface area contributed by atoms with E-state index in [1.807, 2.05) is 38.1 Å². The monoisotopic (exact) mass is 615 g/mol. The number of amides is 2. The minimum Gasteiger partial charge on any atom is -0.495 e. The highest BCUT2D eigenvalue weighted by Crippen LogP contribution is 2.33. The van der Waals surface area contributed by atoms with Crippen LogP contribution in [0.4, 0.5) is 5.69 Å². The summed E-state index contributed by atoms with van der Waals surface area (Å²) in [5, 5.41) is 2.84. The van der Waals surface area contributed by atoms with Gasteiger partial charge in [-0.1, -0.05) is 59.3 Å². The number of ether oxygens (including phenoxy) is 1. The van der Waals surface area contributed by atoms with Crippen molar-refractivity contribution in [1.82, 2.24) is 10.2 Å². The van der Waals surface area contributed by atoms with Gasteiger partial charge >= 0.3 is 0 Å². The molecule has 0 fully saturated rings. The highest BCUT2D eigenvalue weighted by Gasteiger charge is 2.33. The maximum atomic E-state index is 14.0. The first-order valence-electron chi connectivity index (χ1n) is 12.6. The summed E-state index contributed by atoms with van der Waals surface area (Å²) < 4.78 is 35.3. The normalized spacial score (nSPS) is 11.9. The smallest absolute Gasteiger partial charge is 0.264 e. The van der Waals surface area contributed by atoms with Crippen LogP contribution in [0.3, 0.4) is 0 Å². The summed E-state index contributed by atoms with van der Waals surface area (Å²) in [6, 6.07) is 19.6. The Morgan fingerprint density at radius 3 is 2.31 bits per heavy atom. The van der Waals surface area contributed by atoms with Gasteiger partial charge < -0.3 is 15.0 Å². The van der Waals surface area contributed by atoms with Crippen molar-refractivity contribution in [1.29, 1.82) is 0 Å². The molecular weight excluding hydrogens is 582 g/mol. The van der Waals surface area contributed by atoms with Gasteiger partial charge in [0.05, 0.1) is 17.7 Å². The molecule has 0 aliphatic heterocycles. The molecule has 1 atom stereocenters. The van der Waals surface area contributed by atoms with Gasteiger partial charge in [0.2, 0.25) is 11.8 Å². The van der Waals surface area contributed by atoms with Crippen molar-refractivity contribution in [2.24, 2.45) is 0 Å². The molecule has 0 unspecified atom stereocenters. The molecule has 0 saturated carbocycles. The maximum Gasteiger partial charge on any atom is 0.264 e. The number of nitrogens with one attached hydrogen (secondary N) is 1. The first-order chi connectivity index (χ1) is 18.6. The van der Waals surface area contributed by atoms with Gasteiger partial charge in [0.25, 0.3) is 10.0 Å². The third kappa shape index (κ3) is 7.60. The van der Waals surface area contributed by atoms with Gasteiger partial charge in [-0.2, -0.15) is 0 Å². The molecule has 0 aromatic heterocycles. The molecule has 0 radical (unpaired) electrons. The van der Waals surface area contributed by atoms with Crippen molar-refractivity contribution < 1.29 is 22.7 Å². The first-order valence-corrected chi connectivity index (χ1v) is 14.9. The van der Waals surface area contributed by atoms with Crippen LogP contribution in [0.15, 0.2) is 82.2 Å². The molecule has 0 spiro atoms. The second kappa shape index (κ2) is 13.6. The number of hydrogen-bond donors (Lipinski definition) is 1. The zero-order chi connectivity index (χ0) is 28.6. The SMILES string of the molecule is CCCNC(=O)[C@H](C)N(Cc1ccc(Br)cc1)C(=O)CN(c1cc(C)ccc1OC)S(=O)(=O)c1ccccc1. The van der Waals surface area contributed by atoms with Crippen LogP contribution < -0.4 is 14.4 Å².